The first-order valence-corrected chi connectivity index (χ1v) is 9.76. The second-order valence-corrected chi connectivity index (χ2v) is 8.09. The van der Waals surface area contributed by atoms with Gasteiger partial charge in [0.05, 0.1) is 0 Å². The number of hydrogen-bond donors (Lipinski definition) is 2. The third-order valence-corrected chi connectivity index (χ3v) is 4.25. The molecule has 0 spiro atoms. The van der Waals surface area contributed by atoms with Crippen molar-refractivity contribution in [1.29, 1.82) is 0 Å². The molecule has 0 radical (unpaired) electrons. The molecule has 1 aliphatic rings. The zero-order chi connectivity index (χ0) is 19.3. The van der Waals surface area contributed by atoms with E-state index in [2.05, 4.69) is 46.3 Å². The van der Waals surface area contributed by atoms with E-state index in [0.29, 0.717) is 16.9 Å². The van der Waals surface area contributed by atoms with Crippen molar-refractivity contribution in [3.05, 3.63) is 36.4 Å². The fraction of sp³-hybridized carbons (Fsp3) is 0.450. The van der Waals surface area contributed by atoms with Crippen molar-refractivity contribution < 1.29 is 4.74 Å². The molecule has 0 unspecified atom stereocenters. The van der Waals surface area contributed by atoms with Gasteiger partial charge in [-0.25, -0.2) is 0 Å². The number of piperidine rings is 1. The standard InChI is InChI=1S/C20H27N5OS/c1-20(2,3)24-19(27)23-18-21-16(25-12-8-5-9-13-25)14-17(22-18)26-15-10-6-4-7-11-15/h4,6-7,10-11,14H,5,8-9,12-13H2,1-3H3,(H2,21,22,23,24,27). The summed E-state index contributed by atoms with van der Waals surface area (Å²) < 4.78 is 5.95. The quantitative estimate of drug-likeness (QED) is 0.759. The van der Waals surface area contributed by atoms with Gasteiger partial charge in [0, 0.05) is 24.7 Å². The van der Waals surface area contributed by atoms with Crippen LogP contribution in [0.2, 0.25) is 0 Å². The number of ether oxygens (including phenoxy) is 1. The summed E-state index contributed by atoms with van der Waals surface area (Å²) >= 11 is 5.40. The van der Waals surface area contributed by atoms with Gasteiger partial charge in [0.25, 0.3) is 0 Å². The summed E-state index contributed by atoms with van der Waals surface area (Å²) in [7, 11) is 0. The molecule has 1 saturated heterocycles. The van der Waals surface area contributed by atoms with Gasteiger partial charge in [-0.1, -0.05) is 18.2 Å². The van der Waals surface area contributed by atoms with Crippen molar-refractivity contribution in [1.82, 2.24) is 15.3 Å². The summed E-state index contributed by atoms with van der Waals surface area (Å²) in [4.78, 5) is 11.4. The lowest BCUT2D eigenvalue weighted by molar-refractivity contribution is 0.461. The molecule has 2 N–H and O–H groups in total. The Kier molecular flexibility index (Phi) is 6.11. The number of anilines is 2. The molecule has 27 heavy (non-hydrogen) atoms. The monoisotopic (exact) mass is 385 g/mol. The van der Waals surface area contributed by atoms with E-state index in [1.807, 2.05) is 36.4 Å². The van der Waals surface area contributed by atoms with Crippen molar-refractivity contribution in [3.63, 3.8) is 0 Å². The lowest BCUT2D eigenvalue weighted by Gasteiger charge is -2.28. The number of aromatic nitrogens is 2. The SMILES string of the molecule is CC(C)(C)NC(=S)Nc1nc(Oc2ccccc2)cc(N2CCCCC2)n1. The fourth-order valence-corrected chi connectivity index (χ4v) is 3.29. The molecule has 144 valence electrons. The van der Waals surface area contributed by atoms with Gasteiger partial charge in [-0.2, -0.15) is 9.97 Å². The number of hydrogen-bond acceptors (Lipinski definition) is 5. The van der Waals surface area contributed by atoms with Gasteiger partial charge in [-0.05, 0) is 64.4 Å². The average molecular weight is 386 g/mol. The highest BCUT2D eigenvalue weighted by molar-refractivity contribution is 7.80. The van der Waals surface area contributed by atoms with Crippen molar-refractivity contribution in [3.8, 4) is 11.6 Å². The van der Waals surface area contributed by atoms with Crippen molar-refractivity contribution >= 4 is 29.1 Å². The predicted octanol–water partition coefficient (Wildman–Crippen LogP) is 4.34. The minimum absolute atomic E-state index is 0.141. The minimum Gasteiger partial charge on any atom is -0.439 e. The van der Waals surface area contributed by atoms with Gasteiger partial charge in [-0.3, -0.25) is 0 Å². The van der Waals surface area contributed by atoms with Crippen LogP contribution in [0.1, 0.15) is 40.0 Å². The highest BCUT2D eigenvalue weighted by atomic mass is 32.1. The van der Waals surface area contributed by atoms with Crippen LogP contribution in [-0.4, -0.2) is 33.7 Å². The van der Waals surface area contributed by atoms with E-state index < -0.39 is 0 Å². The molecule has 0 aliphatic carbocycles. The highest BCUT2D eigenvalue weighted by Crippen LogP contribution is 2.26. The van der Waals surface area contributed by atoms with Crippen LogP contribution >= 0.6 is 12.2 Å². The predicted molar refractivity (Wildman–Crippen MR) is 114 cm³/mol. The zero-order valence-electron chi connectivity index (χ0n) is 16.2. The number of benzene rings is 1. The average Bonchev–Trinajstić information content (AvgIpc) is 2.61. The van der Waals surface area contributed by atoms with Gasteiger partial charge in [0.2, 0.25) is 11.8 Å². The Balaban J connectivity index is 1.84. The molecule has 0 atom stereocenters. The fourth-order valence-electron chi connectivity index (χ4n) is 2.89. The summed E-state index contributed by atoms with van der Waals surface area (Å²) in [5, 5.41) is 6.81. The largest absolute Gasteiger partial charge is 0.439 e. The number of rotatable bonds is 4. The van der Waals surface area contributed by atoms with Gasteiger partial charge < -0.3 is 20.3 Å². The molecule has 0 amide bonds. The molecule has 1 fully saturated rings. The summed E-state index contributed by atoms with van der Waals surface area (Å²) in [6, 6.07) is 11.5. The molecule has 2 aromatic rings. The van der Waals surface area contributed by atoms with E-state index in [-0.39, 0.29) is 5.54 Å². The van der Waals surface area contributed by atoms with Crippen LogP contribution in [0.25, 0.3) is 0 Å². The zero-order valence-corrected chi connectivity index (χ0v) is 17.0. The molecule has 0 bridgehead atoms. The normalized spacial score (nSPS) is 14.6. The van der Waals surface area contributed by atoms with Crippen LogP contribution in [0.15, 0.2) is 36.4 Å². The molecule has 1 aromatic heterocycles. The van der Waals surface area contributed by atoms with Gasteiger partial charge in [0.1, 0.15) is 11.6 Å². The summed E-state index contributed by atoms with van der Waals surface area (Å²) in [5.41, 5.74) is -0.141. The van der Waals surface area contributed by atoms with E-state index in [9.17, 15) is 0 Å². The Labute approximate surface area is 166 Å². The lowest BCUT2D eigenvalue weighted by Crippen LogP contribution is -2.43. The minimum atomic E-state index is -0.141. The lowest BCUT2D eigenvalue weighted by atomic mass is 10.1. The summed E-state index contributed by atoms with van der Waals surface area (Å²) in [6.45, 7) is 8.14. The van der Waals surface area contributed by atoms with Crippen molar-refractivity contribution in [2.75, 3.05) is 23.3 Å². The third kappa shape index (κ3) is 6.06. The van der Waals surface area contributed by atoms with Crippen molar-refractivity contribution in [2.45, 2.75) is 45.6 Å². The van der Waals surface area contributed by atoms with E-state index in [1.54, 1.807) is 0 Å². The second kappa shape index (κ2) is 8.52. The van der Waals surface area contributed by atoms with Crippen LogP contribution in [0.3, 0.4) is 0 Å². The molecule has 7 heteroatoms. The molecule has 6 nitrogen and oxygen atoms in total. The maximum atomic E-state index is 5.95. The molecule has 1 aromatic carbocycles. The number of nitrogens with one attached hydrogen (secondary N) is 2. The maximum absolute atomic E-state index is 5.95. The van der Waals surface area contributed by atoms with Crippen LogP contribution in [0.4, 0.5) is 11.8 Å². The van der Waals surface area contributed by atoms with E-state index >= 15 is 0 Å². The first-order chi connectivity index (χ1) is 12.9. The highest BCUT2D eigenvalue weighted by Gasteiger charge is 2.17. The Morgan fingerprint density at radius 2 is 1.78 bits per heavy atom. The first kappa shape index (κ1) is 19.4. The van der Waals surface area contributed by atoms with Gasteiger partial charge in [0.15, 0.2) is 5.11 Å². The molecular formula is C20H27N5OS. The summed E-state index contributed by atoms with van der Waals surface area (Å²) in [6.07, 6.45) is 3.61. The Morgan fingerprint density at radius 3 is 2.44 bits per heavy atom. The van der Waals surface area contributed by atoms with E-state index in [0.717, 1.165) is 24.7 Å². The van der Waals surface area contributed by atoms with Crippen molar-refractivity contribution in [2.24, 2.45) is 0 Å². The molecule has 2 heterocycles. The number of para-hydroxylation sites is 1. The van der Waals surface area contributed by atoms with Crippen LogP contribution in [0.5, 0.6) is 11.6 Å². The van der Waals surface area contributed by atoms with Gasteiger partial charge >= 0.3 is 0 Å². The Bertz CT molecular complexity index is 770. The van der Waals surface area contributed by atoms with E-state index in [4.69, 9.17) is 17.0 Å². The van der Waals surface area contributed by atoms with E-state index in [1.165, 1.54) is 19.3 Å². The summed E-state index contributed by atoms with van der Waals surface area (Å²) in [5.74, 6) is 2.53. The number of thiocarbonyl (C=S) groups is 1. The van der Waals surface area contributed by atoms with Gasteiger partial charge in [-0.15, -0.1) is 0 Å². The molecule has 0 saturated carbocycles. The Morgan fingerprint density at radius 1 is 1.07 bits per heavy atom. The molecule has 3 rings (SSSR count). The second-order valence-electron chi connectivity index (χ2n) is 7.68. The number of nitrogens with zero attached hydrogens (tertiary/aromatic N) is 3. The topological polar surface area (TPSA) is 62.3 Å². The molecule has 1 aliphatic heterocycles. The third-order valence-electron chi connectivity index (χ3n) is 4.05. The first-order valence-electron chi connectivity index (χ1n) is 9.35. The smallest absolute Gasteiger partial charge is 0.234 e. The Hall–Kier alpha value is -2.41. The van der Waals surface area contributed by atoms with Crippen LogP contribution in [-0.2, 0) is 0 Å². The van der Waals surface area contributed by atoms with Crippen LogP contribution < -0.4 is 20.3 Å². The van der Waals surface area contributed by atoms with Crippen LogP contribution in [0, 0.1) is 0 Å². The molecular weight excluding hydrogens is 358 g/mol. The maximum Gasteiger partial charge on any atom is 0.234 e.